The van der Waals surface area contributed by atoms with E-state index in [9.17, 15) is 5.11 Å². The van der Waals surface area contributed by atoms with Gasteiger partial charge in [0.15, 0.2) is 0 Å². The highest BCUT2D eigenvalue weighted by molar-refractivity contribution is 7.99. The molecule has 6 heteroatoms. The Morgan fingerprint density at radius 2 is 2.11 bits per heavy atom. The fraction of sp³-hybridized carbons (Fsp3) is 1.00. The molecule has 1 atom stereocenters. The highest BCUT2D eigenvalue weighted by Crippen LogP contribution is 2.07. The quantitative estimate of drug-likeness (QED) is 0.533. The summed E-state index contributed by atoms with van der Waals surface area (Å²) in [6.07, 6.45) is -0.432. The van der Waals surface area contributed by atoms with Gasteiger partial charge in [-0.1, -0.05) is 0 Å². The van der Waals surface area contributed by atoms with E-state index >= 15 is 0 Å². The third-order valence-corrected chi connectivity index (χ3v) is 3.77. The summed E-state index contributed by atoms with van der Waals surface area (Å²) < 4.78 is 10.1. The zero-order valence-electron chi connectivity index (χ0n) is 11.3. The van der Waals surface area contributed by atoms with E-state index in [4.69, 9.17) is 9.47 Å². The molecule has 18 heavy (non-hydrogen) atoms. The van der Waals surface area contributed by atoms with Crippen molar-refractivity contribution in [2.45, 2.75) is 6.10 Å². The monoisotopic (exact) mass is 278 g/mol. The van der Waals surface area contributed by atoms with Gasteiger partial charge in [0.1, 0.15) is 0 Å². The molecule has 0 aliphatic carbocycles. The first-order valence-corrected chi connectivity index (χ1v) is 7.74. The lowest BCUT2D eigenvalue weighted by Crippen LogP contribution is -2.40. The van der Waals surface area contributed by atoms with Gasteiger partial charge in [-0.3, -0.25) is 0 Å². The third-order valence-electron chi connectivity index (χ3n) is 2.83. The number of thioether (sulfide) groups is 1. The lowest BCUT2D eigenvalue weighted by atomic mass is 10.3. The number of nitrogens with one attached hydrogen (secondary N) is 1. The molecule has 0 saturated carbocycles. The summed E-state index contributed by atoms with van der Waals surface area (Å²) in [6, 6.07) is 0. The molecule has 108 valence electrons. The molecule has 1 unspecified atom stereocenters. The topological polar surface area (TPSA) is 54.0 Å². The second kappa shape index (κ2) is 11.0. The zero-order valence-corrected chi connectivity index (χ0v) is 12.1. The average molecular weight is 278 g/mol. The molecule has 1 aliphatic rings. The van der Waals surface area contributed by atoms with E-state index in [0.29, 0.717) is 26.4 Å². The fourth-order valence-corrected chi connectivity index (χ4v) is 2.73. The normalized spacial score (nSPS) is 19.0. The Hall–Kier alpha value is 0.150. The number of methoxy groups -OCH3 is 1. The molecule has 1 rings (SSSR count). The van der Waals surface area contributed by atoms with Gasteiger partial charge in [0, 0.05) is 51.3 Å². The maximum absolute atomic E-state index is 9.64. The van der Waals surface area contributed by atoms with Gasteiger partial charge in [0.05, 0.1) is 25.9 Å². The highest BCUT2D eigenvalue weighted by atomic mass is 32.2. The summed E-state index contributed by atoms with van der Waals surface area (Å²) in [7, 11) is 1.64. The van der Waals surface area contributed by atoms with Gasteiger partial charge in [0.25, 0.3) is 0 Å². The number of aliphatic hydroxyl groups excluding tert-OH is 1. The van der Waals surface area contributed by atoms with Gasteiger partial charge < -0.3 is 24.8 Å². The molecule has 0 radical (unpaired) electrons. The molecule has 1 aliphatic heterocycles. The standard InChI is InChI=1S/C12H26N2O3S/c1-16-6-7-17-11-12(15)10-13-2-3-14-4-8-18-9-5-14/h12-13,15H,2-11H2,1H3. The molecule has 0 aromatic carbocycles. The van der Waals surface area contributed by atoms with Crippen LogP contribution in [0, 0.1) is 0 Å². The summed E-state index contributed by atoms with van der Waals surface area (Å²) in [5, 5.41) is 12.9. The van der Waals surface area contributed by atoms with Crippen molar-refractivity contribution in [2.24, 2.45) is 0 Å². The smallest absolute Gasteiger partial charge is 0.0897 e. The first-order chi connectivity index (χ1) is 8.83. The van der Waals surface area contributed by atoms with E-state index in [-0.39, 0.29) is 0 Å². The van der Waals surface area contributed by atoms with Crippen molar-refractivity contribution in [1.82, 2.24) is 10.2 Å². The molecule has 5 nitrogen and oxygen atoms in total. The minimum absolute atomic E-state index is 0.372. The highest BCUT2D eigenvalue weighted by Gasteiger charge is 2.09. The van der Waals surface area contributed by atoms with Crippen LogP contribution in [-0.2, 0) is 9.47 Å². The number of nitrogens with zero attached hydrogens (tertiary/aromatic N) is 1. The van der Waals surface area contributed by atoms with Gasteiger partial charge >= 0.3 is 0 Å². The second-order valence-corrected chi connectivity index (χ2v) is 5.60. The van der Waals surface area contributed by atoms with E-state index in [2.05, 4.69) is 10.2 Å². The van der Waals surface area contributed by atoms with Crippen molar-refractivity contribution in [3.05, 3.63) is 0 Å². The van der Waals surface area contributed by atoms with Crippen molar-refractivity contribution in [3.63, 3.8) is 0 Å². The first-order valence-electron chi connectivity index (χ1n) is 6.58. The lowest BCUT2D eigenvalue weighted by molar-refractivity contribution is 0.0137. The van der Waals surface area contributed by atoms with Gasteiger partial charge in [-0.15, -0.1) is 0 Å². The predicted molar refractivity (Wildman–Crippen MR) is 75.3 cm³/mol. The molecule has 0 aromatic heterocycles. The summed E-state index contributed by atoms with van der Waals surface area (Å²) in [5.41, 5.74) is 0. The van der Waals surface area contributed by atoms with E-state index in [0.717, 1.165) is 13.1 Å². The Balaban J connectivity index is 1.86. The maximum atomic E-state index is 9.64. The minimum atomic E-state index is -0.432. The molecule has 0 bridgehead atoms. The van der Waals surface area contributed by atoms with Crippen LogP contribution < -0.4 is 5.32 Å². The summed E-state index contributed by atoms with van der Waals surface area (Å²) in [5.74, 6) is 2.49. The Labute approximate surface area is 114 Å². The summed E-state index contributed by atoms with van der Waals surface area (Å²) >= 11 is 2.03. The minimum Gasteiger partial charge on any atom is -0.389 e. The second-order valence-electron chi connectivity index (χ2n) is 4.38. The van der Waals surface area contributed by atoms with Crippen molar-refractivity contribution in [3.8, 4) is 0 Å². The number of ether oxygens (including phenoxy) is 2. The van der Waals surface area contributed by atoms with E-state index in [1.165, 1.54) is 24.6 Å². The van der Waals surface area contributed by atoms with Crippen LogP contribution in [0.5, 0.6) is 0 Å². The summed E-state index contributed by atoms with van der Waals surface area (Å²) in [6.45, 7) is 6.46. The molecule has 1 saturated heterocycles. The Bertz CT molecular complexity index is 192. The maximum Gasteiger partial charge on any atom is 0.0897 e. The van der Waals surface area contributed by atoms with Gasteiger partial charge in [0.2, 0.25) is 0 Å². The van der Waals surface area contributed by atoms with Crippen LogP contribution in [0.1, 0.15) is 0 Å². The van der Waals surface area contributed by atoms with E-state index in [1.807, 2.05) is 11.8 Å². The molecule has 1 fully saturated rings. The van der Waals surface area contributed by atoms with Crippen molar-refractivity contribution in [2.75, 3.05) is 71.2 Å². The van der Waals surface area contributed by atoms with Crippen LogP contribution in [0.4, 0.5) is 0 Å². The molecule has 0 aromatic rings. The number of hydrogen-bond donors (Lipinski definition) is 2. The molecular weight excluding hydrogens is 252 g/mol. The summed E-state index contributed by atoms with van der Waals surface area (Å²) in [4.78, 5) is 2.46. The largest absolute Gasteiger partial charge is 0.389 e. The van der Waals surface area contributed by atoms with E-state index in [1.54, 1.807) is 7.11 Å². The van der Waals surface area contributed by atoms with Crippen LogP contribution in [0.25, 0.3) is 0 Å². The predicted octanol–water partition coefficient (Wildman–Crippen LogP) is -0.351. The molecule has 0 spiro atoms. The molecular formula is C12H26N2O3S. The number of hydrogen-bond acceptors (Lipinski definition) is 6. The van der Waals surface area contributed by atoms with Crippen LogP contribution in [-0.4, -0.2) is 87.3 Å². The Kier molecular flexibility index (Phi) is 9.92. The molecule has 1 heterocycles. The van der Waals surface area contributed by atoms with Gasteiger partial charge in [-0.2, -0.15) is 11.8 Å². The van der Waals surface area contributed by atoms with Gasteiger partial charge in [-0.25, -0.2) is 0 Å². The van der Waals surface area contributed by atoms with Crippen molar-refractivity contribution >= 4 is 11.8 Å². The first kappa shape index (κ1) is 16.2. The fourth-order valence-electron chi connectivity index (χ4n) is 1.75. The zero-order chi connectivity index (χ0) is 13.1. The Morgan fingerprint density at radius 3 is 2.83 bits per heavy atom. The van der Waals surface area contributed by atoms with Crippen molar-refractivity contribution < 1.29 is 14.6 Å². The average Bonchev–Trinajstić information content (AvgIpc) is 2.41. The van der Waals surface area contributed by atoms with Crippen LogP contribution >= 0.6 is 11.8 Å². The van der Waals surface area contributed by atoms with E-state index < -0.39 is 6.10 Å². The van der Waals surface area contributed by atoms with Crippen LogP contribution in [0.15, 0.2) is 0 Å². The number of aliphatic hydroxyl groups is 1. The number of rotatable bonds is 10. The molecule has 2 N–H and O–H groups in total. The van der Waals surface area contributed by atoms with Crippen LogP contribution in [0.2, 0.25) is 0 Å². The molecule has 0 amide bonds. The SMILES string of the molecule is COCCOCC(O)CNCCN1CCSCC1. The lowest BCUT2D eigenvalue weighted by Gasteiger charge is -2.26. The van der Waals surface area contributed by atoms with Gasteiger partial charge in [-0.05, 0) is 0 Å². The van der Waals surface area contributed by atoms with Crippen LogP contribution in [0.3, 0.4) is 0 Å². The Morgan fingerprint density at radius 1 is 1.33 bits per heavy atom. The van der Waals surface area contributed by atoms with Crippen molar-refractivity contribution in [1.29, 1.82) is 0 Å². The third kappa shape index (κ3) is 8.29.